The fraction of sp³-hybridized carbons (Fsp3) is 1.00. The van der Waals surface area contributed by atoms with E-state index in [9.17, 15) is 5.11 Å². The molecule has 4 saturated carbocycles. The fourth-order valence-corrected chi connectivity index (χ4v) is 11.2. The van der Waals surface area contributed by atoms with E-state index in [0.29, 0.717) is 29.9 Å². The van der Waals surface area contributed by atoms with Crippen LogP contribution in [0.15, 0.2) is 5.11 Å². The van der Waals surface area contributed by atoms with Gasteiger partial charge in [0, 0.05) is 16.7 Å². The molecule has 192 valence electrons. The van der Waals surface area contributed by atoms with Crippen molar-refractivity contribution in [2.75, 3.05) is 6.54 Å². The van der Waals surface area contributed by atoms with Gasteiger partial charge in [0.2, 0.25) is 0 Å². The summed E-state index contributed by atoms with van der Waals surface area (Å²) in [7, 11) is -1.70. The van der Waals surface area contributed by atoms with Crippen LogP contribution in [0.4, 0.5) is 0 Å². The van der Waals surface area contributed by atoms with Crippen molar-refractivity contribution in [2.24, 2.45) is 45.5 Å². The van der Waals surface area contributed by atoms with E-state index in [2.05, 4.69) is 50.4 Å². The molecule has 34 heavy (non-hydrogen) atoms. The van der Waals surface area contributed by atoms with Crippen molar-refractivity contribution in [1.29, 1.82) is 0 Å². The standard InChI is InChI=1S/C27H47N3O3Si/c1-17(13-19(16-29-30-28)33-34(4,5)6)21-7-8-22-20-14-24-27(32-24)15-18(31)9-12-26(27,3)23(20)10-11-25(21,22)2/h17-24,31H,7-16H2,1-6H3/t17-,18?,19-,20?,21?,22?,23?,24?,25-,26-,27?/m0/s1. The fourth-order valence-electron chi connectivity index (χ4n) is 10.00. The highest BCUT2D eigenvalue weighted by atomic mass is 28.4. The molecule has 0 amide bonds. The Hall–Kier alpha value is -0.593. The summed E-state index contributed by atoms with van der Waals surface area (Å²) in [6, 6.07) is 0. The van der Waals surface area contributed by atoms with Gasteiger partial charge in [0.05, 0.1) is 24.9 Å². The largest absolute Gasteiger partial charge is 0.415 e. The van der Waals surface area contributed by atoms with Gasteiger partial charge < -0.3 is 14.3 Å². The molecule has 0 aromatic rings. The van der Waals surface area contributed by atoms with Crippen LogP contribution in [0, 0.1) is 40.4 Å². The molecule has 11 atom stereocenters. The van der Waals surface area contributed by atoms with Crippen LogP contribution >= 0.6 is 0 Å². The van der Waals surface area contributed by atoms with Crippen LogP contribution in [0.2, 0.25) is 19.6 Å². The maximum absolute atomic E-state index is 10.4. The summed E-state index contributed by atoms with van der Waals surface area (Å²) in [4.78, 5) is 3.02. The molecule has 0 bridgehead atoms. The molecular weight excluding hydrogens is 442 g/mol. The first kappa shape index (κ1) is 25.1. The third-order valence-electron chi connectivity index (χ3n) is 11.3. The summed E-state index contributed by atoms with van der Waals surface area (Å²) in [6.45, 7) is 14.7. The van der Waals surface area contributed by atoms with Gasteiger partial charge in [-0.05, 0) is 112 Å². The first-order valence-corrected chi connectivity index (χ1v) is 17.4. The lowest BCUT2D eigenvalue weighted by molar-refractivity contribution is -0.117. The van der Waals surface area contributed by atoms with Crippen LogP contribution in [-0.2, 0) is 9.16 Å². The molecule has 0 aromatic heterocycles. The van der Waals surface area contributed by atoms with Crippen molar-refractivity contribution in [2.45, 2.75) is 122 Å². The van der Waals surface area contributed by atoms with Crippen LogP contribution in [0.1, 0.15) is 78.6 Å². The molecule has 1 heterocycles. The van der Waals surface area contributed by atoms with Crippen molar-refractivity contribution >= 4 is 8.32 Å². The van der Waals surface area contributed by atoms with Crippen molar-refractivity contribution in [1.82, 2.24) is 0 Å². The Kier molecular flexibility index (Phi) is 6.25. The van der Waals surface area contributed by atoms with Gasteiger partial charge in [-0.25, -0.2) is 0 Å². The van der Waals surface area contributed by atoms with Crippen LogP contribution < -0.4 is 0 Å². The van der Waals surface area contributed by atoms with Gasteiger partial charge in [0.25, 0.3) is 0 Å². The number of azide groups is 1. The molecule has 5 aliphatic rings. The third kappa shape index (κ3) is 3.89. The van der Waals surface area contributed by atoms with E-state index < -0.39 is 8.32 Å². The number of hydrogen-bond acceptors (Lipinski definition) is 4. The van der Waals surface area contributed by atoms with Crippen LogP contribution in [0.5, 0.6) is 0 Å². The molecule has 5 rings (SSSR count). The minimum Gasteiger partial charge on any atom is -0.415 e. The Labute approximate surface area is 207 Å². The summed E-state index contributed by atoms with van der Waals surface area (Å²) < 4.78 is 13.0. The molecule has 6 nitrogen and oxygen atoms in total. The zero-order chi connectivity index (χ0) is 24.5. The van der Waals surface area contributed by atoms with E-state index in [1.807, 2.05) is 0 Å². The predicted molar refractivity (Wildman–Crippen MR) is 137 cm³/mol. The Morgan fingerprint density at radius 1 is 1.15 bits per heavy atom. The highest BCUT2D eigenvalue weighted by Crippen LogP contribution is 2.74. The van der Waals surface area contributed by atoms with Gasteiger partial charge in [0.1, 0.15) is 5.60 Å². The minimum atomic E-state index is -1.70. The summed E-state index contributed by atoms with van der Waals surface area (Å²) >= 11 is 0. The van der Waals surface area contributed by atoms with E-state index in [1.165, 1.54) is 32.1 Å². The highest BCUT2D eigenvalue weighted by molar-refractivity contribution is 6.69. The molecule has 7 heteroatoms. The number of nitrogens with zero attached hydrogens (tertiary/aromatic N) is 3. The lowest BCUT2D eigenvalue weighted by Gasteiger charge is -2.59. The van der Waals surface area contributed by atoms with Crippen LogP contribution in [0.25, 0.3) is 10.4 Å². The van der Waals surface area contributed by atoms with Gasteiger partial charge in [0.15, 0.2) is 8.32 Å². The van der Waals surface area contributed by atoms with Crippen molar-refractivity contribution in [3.05, 3.63) is 10.4 Å². The average molecular weight is 490 g/mol. The molecule has 1 aliphatic heterocycles. The number of hydrogen-bond donors (Lipinski definition) is 1. The minimum absolute atomic E-state index is 0.0203. The monoisotopic (exact) mass is 489 g/mol. The zero-order valence-electron chi connectivity index (χ0n) is 22.3. The second-order valence-electron chi connectivity index (χ2n) is 14.1. The Morgan fingerprint density at radius 3 is 2.62 bits per heavy atom. The van der Waals surface area contributed by atoms with Crippen molar-refractivity contribution in [3.63, 3.8) is 0 Å². The third-order valence-corrected chi connectivity index (χ3v) is 12.4. The summed E-state index contributed by atoms with van der Waals surface area (Å²) in [5, 5.41) is 14.3. The van der Waals surface area contributed by atoms with E-state index in [-0.39, 0.29) is 23.2 Å². The van der Waals surface area contributed by atoms with Gasteiger partial charge in [-0.1, -0.05) is 25.9 Å². The highest BCUT2D eigenvalue weighted by Gasteiger charge is 2.76. The van der Waals surface area contributed by atoms with E-state index >= 15 is 0 Å². The summed E-state index contributed by atoms with van der Waals surface area (Å²) in [5.41, 5.74) is 9.51. The smallest absolute Gasteiger partial charge is 0.184 e. The average Bonchev–Trinajstić information content (AvgIpc) is 3.31. The lowest BCUT2D eigenvalue weighted by atomic mass is 9.44. The van der Waals surface area contributed by atoms with Gasteiger partial charge in [-0.2, -0.15) is 0 Å². The molecule has 0 aromatic carbocycles. The van der Waals surface area contributed by atoms with Crippen molar-refractivity contribution < 1.29 is 14.3 Å². The van der Waals surface area contributed by atoms with E-state index in [4.69, 9.17) is 14.7 Å². The lowest BCUT2D eigenvalue weighted by Crippen LogP contribution is -2.58. The maximum atomic E-state index is 10.4. The predicted octanol–water partition coefficient (Wildman–Crippen LogP) is 6.69. The molecule has 1 N–H and O–H groups in total. The summed E-state index contributed by atoms with van der Waals surface area (Å²) in [6.07, 6.45) is 10.7. The Bertz CT molecular complexity index is 843. The normalized spacial score (nSPS) is 49.0. The molecular formula is C27H47N3O3Si. The topological polar surface area (TPSA) is 90.8 Å². The number of ether oxygens (including phenoxy) is 1. The first-order valence-electron chi connectivity index (χ1n) is 14.0. The quantitative estimate of drug-likeness (QED) is 0.142. The second-order valence-corrected chi connectivity index (χ2v) is 18.6. The van der Waals surface area contributed by atoms with Gasteiger partial charge in [-0.15, -0.1) is 0 Å². The van der Waals surface area contributed by atoms with Gasteiger partial charge in [-0.3, -0.25) is 0 Å². The molecule has 1 saturated heterocycles. The number of rotatable bonds is 7. The molecule has 0 radical (unpaired) electrons. The summed E-state index contributed by atoms with van der Waals surface area (Å²) in [5.74, 6) is 3.60. The van der Waals surface area contributed by atoms with Crippen LogP contribution in [-0.4, -0.2) is 43.9 Å². The second kappa shape index (κ2) is 8.48. The molecule has 5 fully saturated rings. The zero-order valence-corrected chi connectivity index (χ0v) is 23.3. The number of fused-ring (bicyclic) bond motifs is 4. The molecule has 1 spiro atoms. The van der Waals surface area contributed by atoms with Crippen molar-refractivity contribution in [3.8, 4) is 0 Å². The Morgan fingerprint density at radius 2 is 1.91 bits per heavy atom. The molecule has 4 aliphatic carbocycles. The SMILES string of the molecule is C[C@@H](C[C@@H](CN=[N+]=[N-])O[Si](C)(C)C)C1CCC2C3CC4OC45CC(O)CC[C@@]5(C)C3CC[C@]21C. The number of epoxide rings is 1. The first-order chi connectivity index (χ1) is 15.9. The number of aliphatic hydroxyl groups excluding tert-OH is 1. The number of aliphatic hydroxyl groups is 1. The van der Waals surface area contributed by atoms with E-state index in [0.717, 1.165) is 43.4 Å². The van der Waals surface area contributed by atoms with E-state index in [1.54, 1.807) is 0 Å². The molecule has 7 unspecified atom stereocenters. The maximum Gasteiger partial charge on any atom is 0.184 e. The van der Waals surface area contributed by atoms with Crippen LogP contribution in [0.3, 0.4) is 0 Å². The Balaban J connectivity index is 1.32. The van der Waals surface area contributed by atoms with Gasteiger partial charge >= 0.3 is 0 Å².